The van der Waals surface area contributed by atoms with Crippen LogP contribution in [0.1, 0.15) is 11.8 Å². The van der Waals surface area contributed by atoms with E-state index < -0.39 is 0 Å². The number of hydrogen-bond donors (Lipinski definition) is 1. The minimum absolute atomic E-state index is 0.0634. The zero-order valence-corrected chi connectivity index (χ0v) is 12.8. The molecule has 1 aromatic rings. The molecule has 4 nitrogen and oxygen atoms in total. The lowest BCUT2D eigenvalue weighted by Crippen LogP contribution is -2.52. The summed E-state index contributed by atoms with van der Waals surface area (Å²) < 4.78 is 1.17. The molecule has 1 aliphatic rings. The third-order valence-corrected chi connectivity index (χ3v) is 4.69. The summed E-state index contributed by atoms with van der Waals surface area (Å²) in [6.45, 7) is 6.14. The lowest BCUT2D eigenvalue weighted by Gasteiger charge is -2.35. The van der Waals surface area contributed by atoms with Gasteiger partial charge >= 0.3 is 0 Å². The molecule has 0 bridgehead atoms. The van der Waals surface area contributed by atoms with Crippen molar-refractivity contribution >= 4 is 33.2 Å². The number of thiophene rings is 1. The van der Waals surface area contributed by atoms with Crippen LogP contribution >= 0.6 is 27.3 Å². The molecule has 100 valence electrons. The van der Waals surface area contributed by atoms with Crippen LogP contribution in [0.2, 0.25) is 0 Å². The van der Waals surface area contributed by atoms with Gasteiger partial charge in [-0.15, -0.1) is 11.3 Å². The Morgan fingerprint density at radius 3 is 2.61 bits per heavy atom. The summed E-state index contributed by atoms with van der Waals surface area (Å²) in [4.78, 5) is 17.3. The third-order valence-electron chi connectivity index (χ3n) is 3.08. The fourth-order valence-corrected chi connectivity index (χ4v) is 3.60. The van der Waals surface area contributed by atoms with Gasteiger partial charge in [-0.05, 0) is 35.0 Å². The second-order valence-electron chi connectivity index (χ2n) is 4.60. The van der Waals surface area contributed by atoms with Crippen LogP contribution in [0.15, 0.2) is 15.9 Å². The number of carbonyl (C=O) groups is 1. The molecular weight excluding hydrogens is 314 g/mol. The first-order chi connectivity index (χ1) is 8.56. The maximum absolute atomic E-state index is 11.7. The number of hydrogen-bond acceptors (Lipinski definition) is 4. The van der Waals surface area contributed by atoms with Crippen LogP contribution in [0.25, 0.3) is 0 Å². The Labute approximate surface area is 120 Å². The number of nitrogens with two attached hydrogens (primary N) is 1. The van der Waals surface area contributed by atoms with Gasteiger partial charge in [-0.1, -0.05) is 0 Å². The van der Waals surface area contributed by atoms with Crippen molar-refractivity contribution in [1.29, 1.82) is 0 Å². The van der Waals surface area contributed by atoms with E-state index in [0.29, 0.717) is 0 Å². The van der Waals surface area contributed by atoms with E-state index in [9.17, 15) is 4.79 Å². The van der Waals surface area contributed by atoms with Crippen LogP contribution in [-0.4, -0.2) is 47.9 Å². The van der Waals surface area contributed by atoms with E-state index in [1.807, 2.05) is 4.90 Å². The van der Waals surface area contributed by atoms with E-state index in [-0.39, 0.29) is 11.9 Å². The molecule has 1 fully saturated rings. The second kappa shape index (κ2) is 6.14. The number of nitrogens with zero attached hydrogens (tertiary/aromatic N) is 2. The Bertz CT molecular complexity index is 413. The summed E-state index contributed by atoms with van der Waals surface area (Å²) in [6.07, 6.45) is 0. The highest BCUT2D eigenvalue weighted by Crippen LogP contribution is 2.23. The summed E-state index contributed by atoms with van der Waals surface area (Å²) in [5.74, 6) is 0.0634. The Morgan fingerprint density at radius 1 is 1.44 bits per heavy atom. The SMILES string of the molecule is C[C@@H](N)C(=O)N1CCN(Cc2ccc(Br)s2)CC1. The first kappa shape index (κ1) is 14.0. The highest BCUT2D eigenvalue weighted by atomic mass is 79.9. The molecule has 1 atom stereocenters. The van der Waals surface area contributed by atoms with Crippen molar-refractivity contribution in [2.75, 3.05) is 26.2 Å². The summed E-state index contributed by atoms with van der Waals surface area (Å²) in [5, 5.41) is 0. The van der Waals surface area contributed by atoms with Crippen molar-refractivity contribution < 1.29 is 4.79 Å². The molecule has 6 heteroatoms. The lowest BCUT2D eigenvalue weighted by molar-refractivity contribution is -0.134. The normalized spacial score (nSPS) is 18.9. The molecule has 0 spiro atoms. The predicted molar refractivity (Wildman–Crippen MR) is 77.5 cm³/mol. The molecule has 18 heavy (non-hydrogen) atoms. The average Bonchev–Trinajstić information content (AvgIpc) is 2.75. The molecule has 2 rings (SSSR count). The molecular formula is C12H18BrN3OS. The maximum Gasteiger partial charge on any atom is 0.239 e. The van der Waals surface area contributed by atoms with E-state index in [1.165, 1.54) is 8.66 Å². The van der Waals surface area contributed by atoms with Crippen LogP contribution in [0.3, 0.4) is 0 Å². The van der Waals surface area contributed by atoms with Crippen molar-refractivity contribution in [3.63, 3.8) is 0 Å². The van der Waals surface area contributed by atoms with Gasteiger partial charge in [-0.2, -0.15) is 0 Å². The van der Waals surface area contributed by atoms with Crippen molar-refractivity contribution in [3.05, 3.63) is 20.8 Å². The van der Waals surface area contributed by atoms with Gasteiger partial charge in [0.1, 0.15) is 0 Å². The van der Waals surface area contributed by atoms with Crippen LogP contribution in [0.4, 0.5) is 0 Å². The fraction of sp³-hybridized carbons (Fsp3) is 0.583. The van der Waals surface area contributed by atoms with E-state index >= 15 is 0 Å². The van der Waals surface area contributed by atoms with Gasteiger partial charge in [0, 0.05) is 37.6 Å². The molecule has 1 saturated heterocycles. The zero-order chi connectivity index (χ0) is 13.1. The topological polar surface area (TPSA) is 49.6 Å². The van der Waals surface area contributed by atoms with Crippen molar-refractivity contribution in [2.45, 2.75) is 19.5 Å². The quantitative estimate of drug-likeness (QED) is 0.913. The monoisotopic (exact) mass is 331 g/mol. The van der Waals surface area contributed by atoms with Crippen LogP contribution < -0.4 is 5.73 Å². The van der Waals surface area contributed by atoms with Gasteiger partial charge in [-0.25, -0.2) is 0 Å². The number of amides is 1. The standard InChI is InChI=1S/C12H18BrN3OS/c1-9(14)12(17)16-6-4-15(5-7-16)8-10-2-3-11(13)18-10/h2-3,9H,4-8,14H2,1H3/t9-/m1/s1. The van der Waals surface area contributed by atoms with Gasteiger partial charge in [0.2, 0.25) is 5.91 Å². The van der Waals surface area contributed by atoms with Crippen molar-refractivity contribution in [3.8, 4) is 0 Å². The zero-order valence-electron chi connectivity index (χ0n) is 10.4. The van der Waals surface area contributed by atoms with Crippen LogP contribution in [-0.2, 0) is 11.3 Å². The van der Waals surface area contributed by atoms with Gasteiger partial charge < -0.3 is 10.6 Å². The molecule has 0 aliphatic carbocycles. The smallest absolute Gasteiger partial charge is 0.239 e. The Hall–Kier alpha value is -0.430. The highest BCUT2D eigenvalue weighted by molar-refractivity contribution is 9.11. The highest BCUT2D eigenvalue weighted by Gasteiger charge is 2.23. The number of halogens is 1. The summed E-state index contributed by atoms with van der Waals surface area (Å²) in [6, 6.07) is 3.84. The van der Waals surface area contributed by atoms with Gasteiger partial charge in [0.15, 0.2) is 0 Å². The first-order valence-electron chi connectivity index (χ1n) is 6.07. The molecule has 2 N–H and O–H groups in total. The molecule has 1 amide bonds. The Morgan fingerprint density at radius 2 is 2.11 bits per heavy atom. The molecule has 0 radical (unpaired) electrons. The van der Waals surface area contributed by atoms with Crippen molar-refractivity contribution in [1.82, 2.24) is 9.80 Å². The van der Waals surface area contributed by atoms with E-state index in [1.54, 1.807) is 18.3 Å². The molecule has 1 aliphatic heterocycles. The summed E-state index contributed by atoms with van der Waals surface area (Å²) in [5.41, 5.74) is 5.62. The van der Waals surface area contributed by atoms with E-state index in [0.717, 1.165) is 32.7 Å². The minimum Gasteiger partial charge on any atom is -0.339 e. The molecule has 2 heterocycles. The minimum atomic E-state index is -0.384. The van der Waals surface area contributed by atoms with Crippen molar-refractivity contribution in [2.24, 2.45) is 5.73 Å². The maximum atomic E-state index is 11.7. The van der Waals surface area contributed by atoms with E-state index in [4.69, 9.17) is 5.73 Å². The first-order valence-corrected chi connectivity index (χ1v) is 7.68. The van der Waals surface area contributed by atoms with Gasteiger partial charge in [0.05, 0.1) is 9.83 Å². The number of carbonyl (C=O) groups excluding carboxylic acids is 1. The largest absolute Gasteiger partial charge is 0.339 e. The molecule has 0 aromatic carbocycles. The van der Waals surface area contributed by atoms with E-state index in [2.05, 4.69) is 33.0 Å². The Balaban J connectivity index is 1.82. The molecule has 1 aromatic heterocycles. The molecule has 0 unspecified atom stereocenters. The lowest BCUT2D eigenvalue weighted by atomic mass is 10.2. The predicted octanol–water partition coefficient (Wildman–Crippen LogP) is 1.50. The second-order valence-corrected chi connectivity index (χ2v) is 7.14. The van der Waals surface area contributed by atoms with Gasteiger partial charge in [0.25, 0.3) is 0 Å². The number of piperazine rings is 1. The summed E-state index contributed by atoms with van der Waals surface area (Å²) in [7, 11) is 0. The average molecular weight is 332 g/mol. The fourth-order valence-electron chi connectivity index (χ4n) is 2.07. The molecule has 0 saturated carbocycles. The third kappa shape index (κ3) is 3.54. The van der Waals surface area contributed by atoms with Crippen LogP contribution in [0, 0.1) is 0 Å². The van der Waals surface area contributed by atoms with Gasteiger partial charge in [-0.3, -0.25) is 9.69 Å². The summed E-state index contributed by atoms with van der Waals surface area (Å²) >= 11 is 5.24. The van der Waals surface area contributed by atoms with Crippen LogP contribution in [0.5, 0.6) is 0 Å². The number of rotatable bonds is 3. The Kier molecular flexibility index (Phi) is 4.77.